The molecule has 2 heterocycles. The topological polar surface area (TPSA) is 109 Å². The minimum atomic E-state index is -0.994. The molecular formula is C23H32O7. The summed E-state index contributed by atoms with van der Waals surface area (Å²) in [5.41, 5.74) is -0.378. The molecule has 2 aliphatic heterocycles. The van der Waals surface area contributed by atoms with Crippen LogP contribution in [0.1, 0.15) is 40.0 Å². The number of esters is 1. The highest BCUT2D eigenvalue weighted by atomic mass is 16.6. The van der Waals surface area contributed by atoms with Crippen molar-refractivity contribution in [3.05, 3.63) is 36.0 Å². The van der Waals surface area contributed by atoms with E-state index < -0.39 is 40.7 Å². The van der Waals surface area contributed by atoms with Gasteiger partial charge in [0.2, 0.25) is 0 Å². The van der Waals surface area contributed by atoms with Crippen LogP contribution in [0.3, 0.4) is 0 Å². The van der Waals surface area contributed by atoms with Crippen LogP contribution in [0.4, 0.5) is 0 Å². The molecule has 4 aliphatic rings. The lowest BCUT2D eigenvalue weighted by Crippen LogP contribution is -2.66. The Balaban J connectivity index is 1.55. The zero-order valence-corrected chi connectivity index (χ0v) is 17.8. The number of fused-ring (bicyclic) bond motifs is 2. The maximum Gasteiger partial charge on any atom is 0.331 e. The number of aliphatic hydroxyl groups excluding tert-OH is 3. The normalized spacial score (nSPS) is 44.2. The molecule has 2 aliphatic carbocycles. The SMILES string of the molecule is CC1=C[C@H]2O[C@@H]3CC(OC(=O)/C=C/C=C/[C@@H](O)C(C)O)[C@@](C)(C34CO4)[C@@]2(CO)CC1. The summed E-state index contributed by atoms with van der Waals surface area (Å²) in [5.74, 6) is -0.493. The predicted octanol–water partition coefficient (Wildman–Crippen LogP) is 1.42. The number of aliphatic hydroxyl groups is 3. The van der Waals surface area contributed by atoms with Crippen molar-refractivity contribution in [1.29, 1.82) is 0 Å². The smallest absolute Gasteiger partial charge is 0.331 e. The highest BCUT2D eigenvalue weighted by Crippen LogP contribution is 2.71. The zero-order valence-electron chi connectivity index (χ0n) is 17.8. The lowest BCUT2D eigenvalue weighted by Gasteiger charge is -2.58. The summed E-state index contributed by atoms with van der Waals surface area (Å²) in [5, 5.41) is 29.4. The Morgan fingerprint density at radius 1 is 1.40 bits per heavy atom. The molecule has 0 radical (unpaired) electrons. The van der Waals surface area contributed by atoms with Crippen LogP contribution in [0.15, 0.2) is 36.0 Å². The van der Waals surface area contributed by atoms with E-state index in [0.29, 0.717) is 13.0 Å². The Morgan fingerprint density at radius 3 is 2.77 bits per heavy atom. The van der Waals surface area contributed by atoms with E-state index in [1.807, 2.05) is 0 Å². The molecule has 2 bridgehead atoms. The molecule has 3 unspecified atom stereocenters. The highest BCUT2D eigenvalue weighted by Gasteiger charge is 2.82. The third-order valence-corrected chi connectivity index (χ3v) is 7.90. The van der Waals surface area contributed by atoms with Crippen molar-refractivity contribution >= 4 is 5.97 Å². The number of carbonyl (C=O) groups is 1. The van der Waals surface area contributed by atoms with Crippen LogP contribution in [0.25, 0.3) is 0 Å². The van der Waals surface area contributed by atoms with Gasteiger partial charge >= 0.3 is 5.97 Å². The standard InChI is InChI=1S/C23H32O7/c1-14-8-9-22(12-24)18(10-14)29-19-11-17(21(22,3)23(19)13-28-23)30-20(27)7-5-4-6-16(26)15(2)25/h4-7,10,15-19,24-26H,8-9,11-13H2,1-3H3/b6-4+,7-5+/t15?,16-,17?,18-,19-,21-,22-,23?/m1/s1. The third-order valence-electron chi connectivity index (χ3n) is 7.90. The molecule has 0 aromatic rings. The molecule has 0 aromatic heterocycles. The van der Waals surface area contributed by atoms with Crippen LogP contribution in [-0.4, -0.2) is 70.6 Å². The van der Waals surface area contributed by atoms with Crippen molar-refractivity contribution in [3.8, 4) is 0 Å². The number of carbonyl (C=O) groups excluding carboxylic acids is 1. The van der Waals surface area contributed by atoms with Gasteiger partial charge in [0.15, 0.2) is 0 Å². The van der Waals surface area contributed by atoms with Gasteiger partial charge in [-0.2, -0.15) is 0 Å². The van der Waals surface area contributed by atoms with Gasteiger partial charge in [-0.15, -0.1) is 0 Å². The first-order valence-electron chi connectivity index (χ1n) is 10.7. The molecule has 7 heteroatoms. The first-order chi connectivity index (χ1) is 14.2. The second-order valence-electron chi connectivity index (χ2n) is 9.39. The van der Waals surface area contributed by atoms with Crippen molar-refractivity contribution in [2.45, 2.75) is 76.2 Å². The van der Waals surface area contributed by atoms with E-state index in [9.17, 15) is 20.1 Å². The summed E-state index contributed by atoms with van der Waals surface area (Å²) in [4.78, 5) is 12.5. The molecule has 166 valence electrons. The minimum Gasteiger partial charge on any atom is -0.458 e. The van der Waals surface area contributed by atoms with Crippen molar-refractivity contribution < 1.29 is 34.3 Å². The number of epoxide rings is 1. The summed E-state index contributed by atoms with van der Waals surface area (Å²) in [6.07, 6.45) is 7.27. The average molecular weight is 421 g/mol. The molecule has 3 fully saturated rings. The van der Waals surface area contributed by atoms with Gasteiger partial charge in [-0.3, -0.25) is 0 Å². The van der Waals surface area contributed by atoms with Crippen LogP contribution in [0, 0.1) is 10.8 Å². The lowest BCUT2D eigenvalue weighted by molar-refractivity contribution is -0.228. The number of hydrogen-bond acceptors (Lipinski definition) is 7. The lowest BCUT2D eigenvalue weighted by atomic mass is 9.51. The Bertz CT molecular complexity index is 780. The largest absolute Gasteiger partial charge is 0.458 e. The average Bonchev–Trinajstić information content (AvgIpc) is 3.48. The molecule has 4 rings (SSSR count). The molecular weight excluding hydrogens is 388 g/mol. The van der Waals surface area contributed by atoms with E-state index in [2.05, 4.69) is 19.9 Å². The molecule has 1 saturated carbocycles. The molecule has 0 amide bonds. The van der Waals surface area contributed by atoms with Gasteiger partial charge in [-0.25, -0.2) is 4.79 Å². The number of rotatable bonds is 6. The zero-order chi connectivity index (χ0) is 21.7. The maximum atomic E-state index is 12.5. The van der Waals surface area contributed by atoms with Gasteiger partial charge in [0.05, 0.1) is 37.6 Å². The molecule has 0 aromatic carbocycles. The van der Waals surface area contributed by atoms with Crippen molar-refractivity contribution in [3.63, 3.8) is 0 Å². The van der Waals surface area contributed by atoms with Crippen LogP contribution >= 0.6 is 0 Å². The maximum absolute atomic E-state index is 12.5. The Kier molecular flexibility index (Phi) is 5.48. The van der Waals surface area contributed by atoms with Gasteiger partial charge < -0.3 is 29.5 Å². The quantitative estimate of drug-likeness (QED) is 0.196. The molecule has 8 atom stereocenters. The second-order valence-corrected chi connectivity index (χ2v) is 9.39. The van der Waals surface area contributed by atoms with E-state index in [0.717, 1.165) is 12.8 Å². The summed E-state index contributed by atoms with van der Waals surface area (Å²) in [7, 11) is 0. The van der Waals surface area contributed by atoms with Crippen LogP contribution in [0.5, 0.6) is 0 Å². The first-order valence-corrected chi connectivity index (χ1v) is 10.7. The molecule has 7 nitrogen and oxygen atoms in total. The summed E-state index contributed by atoms with van der Waals surface area (Å²) >= 11 is 0. The van der Waals surface area contributed by atoms with Crippen LogP contribution in [0.2, 0.25) is 0 Å². The second kappa shape index (κ2) is 7.57. The third kappa shape index (κ3) is 3.02. The Hall–Kier alpha value is -1.51. The van der Waals surface area contributed by atoms with E-state index in [-0.39, 0.29) is 18.8 Å². The Morgan fingerprint density at radius 2 is 2.13 bits per heavy atom. The van der Waals surface area contributed by atoms with Gasteiger partial charge in [0, 0.05) is 23.3 Å². The van der Waals surface area contributed by atoms with Crippen molar-refractivity contribution in [2.24, 2.45) is 10.8 Å². The fourth-order valence-electron chi connectivity index (χ4n) is 5.82. The molecule has 2 saturated heterocycles. The van der Waals surface area contributed by atoms with E-state index in [1.165, 1.54) is 36.8 Å². The molecule has 1 spiro atoms. The van der Waals surface area contributed by atoms with E-state index in [4.69, 9.17) is 14.2 Å². The monoisotopic (exact) mass is 420 g/mol. The number of hydrogen-bond donors (Lipinski definition) is 3. The van der Waals surface area contributed by atoms with E-state index in [1.54, 1.807) is 0 Å². The van der Waals surface area contributed by atoms with Crippen LogP contribution < -0.4 is 0 Å². The minimum absolute atomic E-state index is 0.0559. The number of allylic oxidation sites excluding steroid dienone is 3. The first kappa shape index (κ1) is 21.7. The van der Waals surface area contributed by atoms with Crippen LogP contribution in [-0.2, 0) is 19.0 Å². The van der Waals surface area contributed by atoms with E-state index >= 15 is 0 Å². The number of ether oxygens (including phenoxy) is 3. The van der Waals surface area contributed by atoms with Crippen molar-refractivity contribution in [2.75, 3.05) is 13.2 Å². The van der Waals surface area contributed by atoms with Gasteiger partial charge in [-0.1, -0.05) is 36.8 Å². The Labute approximate surface area is 177 Å². The predicted molar refractivity (Wildman–Crippen MR) is 108 cm³/mol. The van der Waals surface area contributed by atoms with Gasteiger partial charge in [0.25, 0.3) is 0 Å². The van der Waals surface area contributed by atoms with Crippen molar-refractivity contribution in [1.82, 2.24) is 0 Å². The van der Waals surface area contributed by atoms with Gasteiger partial charge in [-0.05, 0) is 26.7 Å². The fourth-order valence-corrected chi connectivity index (χ4v) is 5.82. The fraction of sp³-hybridized carbons (Fsp3) is 0.696. The molecule has 3 N–H and O–H groups in total. The highest BCUT2D eigenvalue weighted by molar-refractivity contribution is 5.82. The summed E-state index contributed by atoms with van der Waals surface area (Å²) < 4.78 is 18.3. The summed E-state index contributed by atoms with van der Waals surface area (Å²) in [6, 6.07) is 0. The molecule has 30 heavy (non-hydrogen) atoms. The van der Waals surface area contributed by atoms with Gasteiger partial charge in [0.1, 0.15) is 11.7 Å². The summed E-state index contributed by atoms with van der Waals surface area (Å²) in [6.45, 7) is 6.14.